The summed E-state index contributed by atoms with van der Waals surface area (Å²) in [5.41, 5.74) is 0.0573. The van der Waals surface area contributed by atoms with Gasteiger partial charge in [0.2, 0.25) is 0 Å². The fraction of sp³-hybridized carbons (Fsp3) is 0.778. The third-order valence-corrected chi connectivity index (χ3v) is 1.97. The number of rotatable bonds is 5. The topological polar surface area (TPSA) is 63.0 Å². The Morgan fingerprint density at radius 3 is 2.86 bits per heavy atom. The molecule has 0 aliphatic rings. The van der Waals surface area contributed by atoms with Crippen molar-refractivity contribution in [3.05, 3.63) is 11.9 Å². The van der Waals surface area contributed by atoms with Gasteiger partial charge in [-0.25, -0.2) is 0 Å². The molecule has 0 bridgehead atoms. The lowest BCUT2D eigenvalue weighted by Crippen LogP contribution is -2.39. The van der Waals surface area contributed by atoms with Crippen LogP contribution in [0.4, 0.5) is 0 Å². The van der Waals surface area contributed by atoms with Crippen LogP contribution in [0.25, 0.3) is 0 Å². The van der Waals surface area contributed by atoms with Crippen molar-refractivity contribution in [2.75, 3.05) is 13.1 Å². The van der Waals surface area contributed by atoms with E-state index in [1.807, 2.05) is 20.2 Å². The second kappa shape index (κ2) is 4.52. The smallest absolute Gasteiger partial charge is 0.0856 e. The Kier molecular flexibility index (Phi) is 3.60. The summed E-state index contributed by atoms with van der Waals surface area (Å²) >= 11 is 0. The number of aliphatic hydroxyl groups is 1. The molecule has 0 amide bonds. The molecule has 1 unspecified atom stereocenters. The maximum Gasteiger partial charge on any atom is 0.0856 e. The van der Waals surface area contributed by atoms with Crippen LogP contribution in [0.1, 0.15) is 19.5 Å². The zero-order valence-corrected chi connectivity index (χ0v) is 8.99. The van der Waals surface area contributed by atoms with E-state index in [2.05, 4.69) is 15.6 Å². The summed E-state index contributed by atoms with van der Waals surface area (Å²) in [4.78, 5) is 0. The van der Waals surface area contributed by atoms with Crippen LogP contribution in [0.2, 0.25) is 0 Å². The van der Waals surface area contributed by atoms with Gasteiger partial charge in [0.05, 0.1) is 11.3 Å². The number of hydrogen-bond acceptors (Lipinski definition) is 4. The molecule has 1 atom stereocenters. The van der Waals surface area contributed by atoms with Gasteiger partial charge in [0.25, 0.3) is 0 Å². The van der Waals surface area contributed by atoms with E-state index in [1.54, 1.807) is 11.6 Å². The largest absolute Gasteiger partial charge is 0.388 e. The van der Waals surface area contributed by atoms with Crippen molar-refractivity contribution in [1.82, 2.24) is 20.3 Å². The number of aromatic nitrogens is 3. The first-order chi connectivity index (χ1) is 6.53. The van der Waals surface area contributed by atoms with Crippen molar-refractivity contribution >= 4 is 0 Å². The molecular weight excluding hydrogens is 180 g/mol. The van der Waals surface area contributed by atoms with Gasteiger partial charge in [0, 0.05) is 26.2 Å². The van der Waals surface area contributed by atoms with Crippen LogP contribution in [0, 0.1) is 0 Å². The predicted octanol–water partition coefficient (Wildman–Crippen LogP) is -0.282. The Bertz CT molecular complexity index is 282. The van der Waals surface area contributed by atoms with E-state index in [0.717, 1.165) is 12.2 Å². The first-order valence-corrected chi connectivity index (χ1v) is 4.82. The summed E-state index contributed by atoms with van der Waals surface area (Å²) in [7, 11) is 1.81. The molecule has 1 heterocycles. The molecule has 0 aliphatic carbocycles. The van der Waals surface area contributed by atoms with Crippen LogP contribution in [-0.2, 0) is 13.5 Å². The van der Waals surface area contributed by atoms with Crippen molar-refractivity contribution in [1.29, 1.82) is 0 Å². The SMILES string of the molecule is CCNCC(C)(O)Cc1cn(C)nn1. The first-order valence-electron chi connectivity index (χ1n) is 4.82. The number of hydrogen-bond donors (Lipinski definition) is 2. The van der Waals surface area contributed by atoms with Crippen LogP contribution >= 0.6 is 0 Å². The van der Waals surface area contributed by atoms with Crippen molar-refractivity contribution in [2.24, 2.45) is 7.05 Å². The highest BCUT2D eigenvalue weighted by Crippen LogP contribution is 2.09. The minimum atomic E-state index is -0.758. The van der Waals surface area contributed by atoms with Crippen molar-refractivity contribution in [2.45, 2.75) is 25.9 Å². The van der Waals surface area contributed by atoms with E-state index in [4.69, 9.17) is 0 Å². The fourth-order valence-corrected chi connectivity index (χ4v) is 1.32. The maximum absolute atomic E-state index is 9.97. The Hall–Kier alpha value is -0.940. The summed E-state index contributed by atoms with van der Waals surface area (Å²) in [6.45, 7) is 5.24. The summed E-state index contributed by atoms with van der Waals surface area (Å²) in [5, 5.41) is 20.8. The van der Waals surface area contributed by atoms with Gasteiger partial charge >= 0.3 is 0 Å². The molecule has 0 radical (unpaired) electrons. The van der Waals surface area contributed by atoms with Crippen LogP contribution in [0.3, 0.4) is 0 Å². The molecule has 1 rings (SSSR count). The average molecular weight is 198 g/mol. The van der Waals surface area contributed by atoms with Crippen molar-refractivity contribution in [3.63, 3.8) is 0 Å². The lowest BCUT2D eigenvalue weighted by atomic mass is 10.0. The summed E-state index contributed by atoms with van der Waals surface area (Å²) in [6.07, 6.45) is 2.34. The lowest BCUT2D eigenvalue weighted by Gasteiger charge is -2.21. The second-order valence-electron chi connectivity index (χ2n) is 3.84. The summed E-state index contributed by atoms with van der Waals surface area (Å²) in [6, 6.07) is 0. The summed E-state index contributed by atoms with van der Waals surface area (Å²) in [5.74, 6) is 0. The van der Waals surface area contributed by atoms with E-state index in [1.165, 1.54) is 0 Å². The molecule has 1 aromatic heterocycles. The highest BCUT2D eigenvalue weighted by Gasteiger charge is 2.21. The van der Waals surface area contributed by atoms with E-state index < -0.39 is 5.60 Å². The van der Waals surface area contributed by atoms with Crippen LogP contribution in [0.15, 0.2) is 6.20 Å². The first kappa shape index (κ1) is 11.1. The quantitative estimate of drug-likeness (QED) is 0.683. The van der Waals surface area contributed by atoms with Gasteiger partial charge < -0.3 is 10.4 Å². The fourth-order valence-electron chi connectivity index (χ4n) is 1.32. The molecule has 0 saturated heterocycles. The van der Waals surface area contributed by atoms with Crippen molar-refractivity contribution in [3.8, 4) is 0 Å². The maximum atomic E-state index is 9.97. The molecule has 0 saturated carbocycles. The molecule has 0 aliphatic heterocycles. The van der Waals surface area contributed by atoms with Gasteiger partial charge in [0.15, 0.2) is 0 Å². The number of nitrogens with one attached hydrogen (secondary N) is 1. The van der Waals surface area contributed by atoms with Crippen LogP contribution < -0.4 is 5.32 Å². The highest BCUT2D eigenvalue weighted by atomic mass is 16.3. The predicted molar refractivity (Wildman–Crippen MR) is 53.9 cm³/mol. The molecule has 0 fully saturated rings. The molecular formula is C9H18N4O. The normalized spacial score (nSPS) is 15.4. The molecule has 2 N–H and O–H groups in total. The molecule has 0 spiro atoms. The minimum absolute atomic E-state index is 0.522. The molecule has 5 heteroatoms. The molecule has 14 heavy (non-hydrogen) atoms. The lowest BCUT2D eigenvalue weighted by molar-refractivity contribution is 0.0597. The Labute approximate surface area is 84.1 Å². The van der Waals surface area contributed by atoms with Crippen LogP contribution in [-0.4, -0.2) is 38.8 Å². The molecule has 0 aromatic carbocycles. The van der Waals surface area contributed by atoms with E-state index in [9.17, 15) is 5.11 Å². The zero-order chi connectivity index (χ0) is 10.6. The van der Waals surface area contributed by atoms with Gasteiger partial charge in [-0.3, -0.25) is 4.68 Å². The highest BCUT2D eigenvalue weighted by molar-refractivity contribution is 4.98. The molecule has 5 nitrogen and oxygen atoms in total. The van der Waals surface area contributed by atoms with Gasteiger partial charge in [0.1, 0.15) is 0 Å². The van der Waals surface area contributed by atoms with Gasteiger partial charge in [-0.2, -0.15) is 0 Å². The minimum Gasteiger partial charge on any atom is -0.388 e. The standard InChI is InChI=1S/C9H18N4O/c1-4-10-7-9(2,14)5-8-6-13(3)12-11-8/h6,10,14H,4-5,7H2,1-3H3. The average Bonchev–Trinajstić information content (AvgIpc) is 2.47. The van der Waals surface area contributed by atoms with E-state index in [-0.39, 0.29) is 0 Å². The van der Waals surface area contributed by atoms with Crippen LogP contribution in [0.5, 0.6) is 0 Å². The molecule has 1 aromatic rings. The summed E-state index contributed by atoms with van der Waals surface area (Å²) < 4.78 is 1.64. The molecule has 80 valence electrons. The second-order valence-corrected chi connectivity index (χ2v) is 3.84. The van der Waals surface area contributed by atoms with Crippen molar-refractivity contribution < 1.29 is 5.11 Å². The zero-order valence-electron chi connectivity index (χ0n) is 8.99. The van der Waals surface area contributed by atoms with E-state index in [0.29, 0.717) is 13.0 Å². The number of aryl methyl sites for hydroxylation is 1. The number of nitrogens with zero attached hydrogens (tertiary/aromatic N) is 3. The van der Waals surface area contributed by atoms with Gasteiger partial charge in [-0.1, -0.05) is 12.1 Å². The Morgan fingerprint density at radius 1 is 1.64 bits per heavy atom. The Balaban J connectivity index is 2.49. The Morgan fingerprint density at radius 2 is 2.36 bits per heavy atom. The number of likely N-dealkylation sites (N-methyl/N-ethyl adjacent to an activating group) is 1. The van der Waals surface area contributed by atoms with E-state index >= 15 is 0 Å². The third kappa shape index (κ3) is 3.43. The van der Waals surface area contributed by atoms with Gasteiger partial charge in [-0.15, -0.1) is 5.10 Å². The monoisotopic (exact) mass is 198 g/mol. The van der Waals surface area contributed by atoms with Gasteiger partial charge in [-0.05, 0) is 13.5 Å². The third-order valence-electron chi connectivity index (χ3n) is 1.97.